The topological polar surface area (TPSA) is 0 Å². The zero-order valence-corrected chi connectivity index (χ0v) is 8.06. The maximum Gasteiger partial charge on any atom is 0.0200 e. The van der Waals surface area contributed by atoms with E-state index in [1.807, 2.05) is 0 Å². The standard InChI is InChI=1S/C11H20/c1-5-8-11(9-6-2)10(4)7-3/h3,10-11H,5-6,8-9H2,1-2,4H3. The van der Waals surface area contributed by atoms with Gasteiger partial charge in [0.05, 0.1) is 0 Å². The Labute approximate surface area is 71.4 Å². The molecule has 0 aliphatic heterocycles. The highest BCUT2D eigenvalue weighted by Crippen LogP contribution is 2.21. The van der Waals surface area contributed by atoms with E-state index in [9.17, 15) is 0 Å². The third kappa shape index (κ3) is 4.09. The molecule has 64 valence electrons. The number of terminal acetylenes is 1. The molecule has 0 amide bonds. The number of hydrogen-bond acceptors (Lipinski definition) is 0. The van der Waals surface area contributed by atoms with E-state index in [0.717, 1.165) is 5.92 Å². The summed E-state index contributed by atoms with van der Waals surface area (Å²) in [5, 5.41) is 0. The van der Waals surface area contributed by atoms with E-state index in [4.69, 9.17) is 6.42 Å². The SMILES string of the molecule is C#CC(C)C(CCC)CCC. The summed E-state index contributed by atoms with van der Waals surface area (Å²) in [7, 11) is 0. The van der Waals surface area contributed by atoms with Crippen molar-refractivity contribution < 1.29 is 0 Å². The molecule has 0 radical (unpaired) electrons. The van der Waals surface area contributed by atoms with Gasteiger partial charge >= 0.3 is 0 Å². The molecule has 0 aromatic heterocycles. The zero-order valence-electron chi connectivity index (χ0n) is 8.06. The zero-order chi connectivity index (χ0) is 8.69. The summed E-state index contributed by atoms with van der Waals surface area (Å²) in [5.41, 5.74) is 0. The maximum absolute atomic E-state index is 5.38. The first-order valence-electron chi connectivity index (χ1n) is 4.72. The molecule has 0 N–H and O–H groups in total. The average Bonchev–Trinajstić information content (AvgIpc) is 2.03. The molecule has 0 fully saturated rings. The first-order valence-corrected chi connectivity index (χ1v) is 4.72. The van der Waals surface area contributed by atoms with Crippen LogP contribution >= 0.6 is 0 Å². The molecule has 0 aromatic rings. The summed E-state index contributed by atoms with van der Waals surface area (Å²) in [6.07, 6.45) is 10.5. The Kier molecular flexibility index (Phi) is 6.03. The van der Waals surface area contributed by atoms with Crippen LogP contribution in [0.25, 0.3) is 0 Å². The van der Waals surface area contributed by atoms with Gasteiger partial charge in [-0.05, 0) is 18.8 Å². The monoisotopic (exact) mass is 152 g/mol. The molecular formula is C11H20. The van der Waals surface area contributed by atoms with Crippen LogP contribution in [0.1, 0.15) is 46.5 Å². The molecule has 0 bridgehead atoms. The van der Waals surface area contributed by atoms with Gasteiger partial charge in [0.15, 0.2) is 0 Å². The molecule has 0 aromatic carbocycles. The van der Waals surface area contributed by atoms with Crippen molar-refractivity contribution in [2.75, 3.05) is 0 Å². The lowest BCUT2D eigenvalue weighted by Crippen LogP contribution is -2.09. The first kappa shape index (κ1) is 10.6. The van der Waals surface area contributed by atoms with Crippen LogP contribution in [0, 0.1) is 24.2 Å². The van der Waals surface area contributed by atoms with Gasteiger partial charge in [0.1, 0.15) is 0 Å². The van der Waals surface area contributed by atoms with Gasteiger partial charge in [-0.1, -0.05) is 33.6 Å². The Bertz CT molecular complexity index is 112. The average molecular weight is 152 g/mol. The predicted molar refractivity (Wildman–Crippen MR) is 51.3 cm³/mol. The largest absolute Gasteiger partial charge is 0.120 e. The summed E-state index contributed by atoms with van der Waals surface area (Å²) in [6.45, 7) is 6.62. The highest BCUT2D eigenvalue weighted by Gasteiger charge is 2.12. The van der Waals surface area contributed by atoms with Crippen LogP contribution in [-0.4, -0.2) is 0 Å². The highest BCUT2D eigenvalue weighted by atomic mass is 14.2. The van der Waals surface area contributed by atoms with Crippen LogP contribution in [0.4, 0.5) is 0 Å². The van der Waals surface area contributed by atoms with E-state index >= 15 is 0 Å². The molecule has 0 aliphatic rings. The van der Waals surface area contributed by atoms with Crippen molar-refractivity contribution in [1.29, 1.82) is 0 Å². The van der Waals surface area contributed by atoms with Crippen LogP contribution in [-0.2, 0) is 0 Å². The predicted octanol–water partition coefficient (Wildman–Crippen LogP) is 3.47. The van der Waals surface area contributed by atoms with E-state index in [1.165, 1.54) is 25.7 Å². The van der Waals surface area contributed by atoms with Crippen molar-refractivity contribution in [1.82, 2.24) is 0 Å². The molecule has 0 saturated heterocycles. The Hall–Kier alpha value is -0.440. The van der Waals surface area contributed by atoms with E-state index in [-0.39, 0.29) is 0 Å². The van der Waals surface area contributed by atoms with Crippen LogP contribution in [0.5, 0.6) is 0 Å². The smallest absolute Gasteiger partial charge is 0.0200 e. The highest BCUT2D eigenvalue weighted by molar-refractivity contribution is 4.93. The molecule has 0 saturated carbocycles. The van der Waals surface area contributed by atoms with Gasteiger partial charge in [0, 0.05) is 5.92 Å². The lowest BCUT2D eigenvalue weighted by molar-refractivity contribution is 0.368. The molecule has 0 heteroatoms. The second-order valence-corrected chi connectivity index (χ2v) is 3.29. The van der Waals surface area contributed by atoms with Crippen molar-refractivity contribution in [3.05, 3.63) is 0 Å². The van der Waals surface area contributed by atoms with Gasteiger partial charge in [-0.25, -0.2) is 0 Å². The summed E-state index contributed by atoms with van der Waals surface area (Å²) >= 11 is 0. The molecule has 0 aliphatic carbocycles. The molecule has 1 atom stereocenters. The van der Waals surface area contributed by atoms with Crippen molar-refractivity contribution >= 4 is 0 Å². The normalized spacial score (nSPS) is 13.0. The fourth-order valence-electron chi connectivity index (χ4n) is 1.52. The van der Waals surface area contributed by atoms with Crippen LogP contribution in [0.3, 0.4) is 0 Å². The molecule has 0 rings (SSSR count). The van der Waals surface area contributed by atoms with Crippen LogP contribution in [0.15, 0.2) is 0 Å². The lowest BCUT2D eigenvalue weighted by atomic mass is 9.87. The first-order chi connectivity index (χ1) is 5.26. The summed E-state index contributed by atoms with van der Waals surface area (Å²) in [5.74, 6) is 4.06. The quantitative estimate of drug-likeness (QED) is 0.529. The Morgan fingerprint density at radius 2 is 1.64 bits per heavy atom. The van der Waals surface area contributed by atoms with Crippen molar-refractivity contribution in [3.8, 4) is 12.3 Å². The van der Waals surface area contributed by atoms with Crippen LogP contribution in [0.2, 0.25) is 0 Å². The molecule has 1 unspecified atom stereocenters. The van der Waals surface area contributed by atoms with Crippen molar-refractivity contribution in [3.63, 3.8) is 0 Å². The minimum Gasteiger partial charge on any atom is -0.120 e. The van der Waals surface area contributed by atoms with E-state index < -0.39 is 0 Å². The second-order valence-electron chi connectivity index (χ2n) is 3.29. The fourth-order valence-corrected chi connectivity index (χ4v) is 1.52. The van der Waals surface area contributed by atoms with Crippen molar-refractivity contribution in [2.24, 2.45) is 11.8 Å². The van der Waals surface area contributed by atoms with E-state index in [2.05, 4.69) is 26.7 Å². The summed E-state index contributed by atoms with van der Waals surface area (Å²) < 4.78 is 0. The Balaban J connectivity index is 3.78. The Morgan fingerprint density at radius 3 is 1.91 bits per heavy atom. The fraction of sp³-hybridized carbons (Fsp3) is 0.818. The maximum atomic E-state index is 5.38. The third-order valence-electron chi connectivity index (χ3n) is 2.29. The van der Waals surface area contributed by atoms with Gasteiger partial charge in [0.25, 0.3) is 0 Å². The minimum absolute atomic E-state index is 0.468. The van der Waals surface area contributed by atoms with Gasteiger partial charge in [0.2, 0.25) is 0 Å². The van der Waals surface area contributed by atoms with Gasteiger partial charge in [-0.2, -0.15) is 0 Å². The number of rotatable bonds is 5. The van der Waals surface area contributed by atoms with E-state index in [1.54, 1.807) is 0 Å². The van der Waals surface area contributed by atoms with Gasteiger partial charge < -0.3 is 0 Å². The third-order valence-corrected chi connectivity index (χ3v) is 2.29. The summed E-state index contributed by atoms with van der Waals surface area (Å²) in [4.78, 5) is 0. The van der Waals surface area contributed by atoms with Crippen LogP contribution < -0.4 is 0 Å². The lowest BCUT2D eigenvalue weighted by Gasteiger charge is -2.17. The van der Waals surface area contributed by atoms with Crippen molar-refractivity contribution in [2.45, 2.75) is 46.5 Å². The molecule has 0 spiro atoms. The molecule has 0 nitrogen and oxygen atoms in total. The van der Waals surface area contributed by atoms with Gasteiger partial charge in [-0.3, -0.25) is 0 Å². The molecule has 0 heterocycles. The molecule has 11 heavy (non-hydrogen) atoms. The van der Waals surface area contributed by atoms with E-state index in [0.29, 0.717) is 5.92 Å². The van der Waals surface area contributed by atoms with Gasteiger partial charge in [-0.15, -0.1) is 12.3 Å². The summed E-state index contributed by atoms with van der Waals surface area (Å²) in [6, 6.07) is 0. The number of hydrogen-bond donors (Lipinski definition) is 0. The minimum atomic E-state index is 0.468. The molecular weight excluding hydrogens is 132 g/mol. The Morgan fingerprint density at radius 1 is 1.18 bits per heavy atom. The second kappa shape index (κ2) is 6.28.